The highest BCUT2D eigenvalue weighted by Crippen LogP contribution is 2.30. The Kier molecular flexibility index (Phi) is 7.26. The number of likely N-dealkylation sites (tertiary alicyclic amines) is 1. The summed E-state index contributed by atoms with van der Waals surface area (Å²) in [7, 11) is 1.75. The van der Waals surface area contributed by atoms with Gasteiger partial charge in [-0.05, 0) is 74.2 Å². The Balaban J connectivity index is 1.58. The summed E-state index contributed by atoms with van der Waals surface area (Å²) in [6.07, 6.45) is 7.02. The van der Waals surface area contributed by atoms with E-state index in [-0.39, 0.29) is 5.41 Å². The Morgan fingerprint density at radius 2 is 1.90 bits per heavy atom. The van der Waals surface area contributed by atoms with Crippen LogP contribution < -0.4 is 4.74 Å². The number of amides is 1. The summed E-state index contributed by atoms with van der Waals surface area (Å²) in [5, 5.41) is 0. The lowest BCUT2D eigenvalue weighted by atomic mass is 9.86. The smallest absolute Gasteiger partial charge is 0.227 e. The molecule has 0 aromatic heterocycles. The van der Waals surface area contributed by atoms with Crippen molar-refractivity contribution in [2.24, 2.45) is 11.3 Å². The van der Waals surface area contributed by atoms with E-state index in [1.165, 1.54) is 37.1 Å². The maximum absolute atomic E-state index is 12.6. The van der Waals surface area contributed by atoms with Crippen molar-refractivity contribution in [1.29, 1.82) is 0 Å². The van der Waals surface area contributed by atoms with E-state index in [2.05, 4.69) is 34.9 Å². The second kappa shape index (κ2) is 9.51. The minimum atomic E-state index is -0.265. The molecule has 162 valence electrons. The number of aryl methyl sites for hydroxylation is 1. The lowest BCUT2D eigenvalue weighted by molar-refractivity contribution is -0.141. The van der Waals surface area contributed by atoms with E-state index in [1.54, 1.807) is 7.11 Å². The summed E-state index contributed by atoms with van der Waals surface area (Å²) in [6, 6.07) is 7.23. The van der Waals surface area contributed by atoms with Gasteiger partial charge in [-0.1, -0.05) is 33.8 Å². The van der Waals surface area contributed by atoms with Crippen molar-refractivity contribution in [2.75, 3.05) is 33.3 Å². The fraction of sp³-hybridized carbons (Fsp3) is 0.720. The van der Waals surface area contributed by atoms with Crippen molar-refractivity contribution in [3.8, 4) is 5.75 Å². The van der Waals surface area contributed by atoms with Crippen LogP contribution in [-0.2, 0) is 17.6 Å². The third-order valence-electron chi connectivity index (χ3n) is 6.68. The molecule has 3 rings (SSSR count). The second-order valence-corrected chi connectivity index (χ2v) is 10.0. The van der Waals surface area contributed by atoms with E-state index < -0.39 is 0 Å². The Morgan fingerprint density at radius 3 is 2.52 bits per heavy atom. The highest BCUT2D eigenvalue weighted by molar-refractivity contribution is 5.81. The highest BCUT2D eigenvalue weighted by atomic mass is 16.5. The molecule has 1 unspecified atom stereocenters. The first-order valence-corrected chi connectivity index (χ1v) is 11.5. The average Bonchev–Trinajstić information content (AvgIpc) is 2.72. The molecule has 1 amide bonds. The molecule has 4 heteroatoms. The van der Waals surface area contributed by atoms with Gasteiger partial charge in [-0.3, -0.25) is 9.69 Å². The lowest BCUT2D eigenvalue weighted by Gasteiger charge is -2.40. The summed E-state index contributed by atoms with van der Waals surface area (Å²) >= 11 is 0. The molecule has 1 aliphatic heterocycles. The molecule has 1 fully saturated rings. The van der Waals surface area contributed by atoms with Gasteiger partial charge in [0.25, 0.3) is 0 Å². The van der Waals surface area contributed by atoms with Gasteiger partial charge >= 0.3 is 0 Å². The normalized spacial score (nSPS) is 20.6. The first-order chi connectivity index (χ1) is 13.8. The van der Waals surface area contributed by atoms with Crippen LogP contribution in [0.25, 0.3) is 0 Å². The third kappa shape index (κ3) is 5.53. The third-order valence-corrected chi connectivity index (χ3v) is 6.68. The van der Waals surface area contributed by atoms with E-state index >= 15 is 0 Å². The summed E-state index contributed by atoms with van der Waals surface area (Å²) in [5.74, 6) is 1.99. The summed E-state index contributed by atoms with van der Waals surface area (Å²) < 4.78 is 5.40. The Hall–Kier alpha value is -1.55. The molecule has 0 radical (unpaired) electrons. The van der Waals surface area contributed by atoms with Crippen LogP contribution >= 0.6 is 0 Å². The zero-order valence-electron chi connectivity index (χ0n) is 19.2. The first kappa shape index (κ1) is 22.1. The van der Waals surface area contributed by atoms with Crippen molar-refractivity contribution in [3.63, 3.8) is 0 Å². The number of benzene rings is 1. The summed E-state index contributed by atoms with van der Waals surface area (Å²) in [5.41, 5.74) is 2.69. The number of methoxy groups -OCH3 is 1. The lowest BCUT2D eigenvalue weighted by Crippen LogP contribution is -2.47. The van der Waals surface area contributed by atoms with Crippen molar-refractivity contribution >= 4 is 5.91 Å². The van der Waals surface area contributed by atoms with Gasteiger partial charge < -0.3 is 9.64 Å². The summed E-state index contributed by atoms with van der Waals surface area (Å²) in [4.78, 5) is 17.4. The standard InChI is InChI=1S/C25H40N2O2/c1-6-13-27(18-19-11-14-26(15-12-19)24(28)25(2,3)4)22-9-7-21-17-23(29-5)10-8-20(21)16-22/h8,10,17,19,22H,6-7,9,11-16,18H2,1-5H3. The average molecular weight is 401 g/mol. The minimum Gasteiger partial charge on any atom is -0.497 e. The van der Waals surface area contributed by atoms with Gasteiger partial charge in [0.2, 0.25) is 5.91 Å². The molecule has 0 saturated carbocycles. The van der Waals surface area contributed by atoms with Crippen LogP contribution in [0.2, 0.25) is 0 Å². The van der Waals surface area contributed by atoms with E-state index in [0.717, 1.165) is 44.5 Å². The Morgan fingerprint density at radius 1 is 1.17 bits per heavy atom. The molecule has 2 aliphatic rings. The Bertz CT molecular complexity index is 687. The van der Waals surface area contributed by atoms with Crippen LogP contribution in [-0.4, -0.2) is 55.0 Å². The van der Waals surface area contributed by atoms with Gasteiger partial charge in [0.1, 0.15) is 5.75 Å². The molecule has 0 spiro atoms. The van der Waals surface area contributed by atoms with Gasteiger partial charge in [0, 0.05) is 31.1 Å². The SMILES string of the molecule is CCCN(CC1CCN(C(=O)C(C)(C)C)CC1)C1CCc2cc(OC)ccc2C1. The zero-order chi connectivity index (χ0) is 21.0. The maximum Gasteiger partial charge on any atom is 0.227 e. The number of hydrogen-bond donors (Lipinski definition) is 0. The number of carbonyl (C=O) groups is 1. The first-order valence-electron chi connectivity index (χ1n) is 11.5. The van der Waals surface area contributed by atoms with Crippen LogP contribution in [0.1, 0.15) is 64.5 Å². The fourth-order valence-electron chi connectivity index (χ4n) is 4.99. The van der Waals surface area contributed by atoms with Crippen LogP contribution in [0.15, 0.2) is 18.2 Å². The number of rotatable bonds is 6. The fourth-order valence-corrected chi connectivity index (χ4v) is 4.99. The molecule has 1 aliphatic carbocycles. The predicted molar refractivity (Wildman–Crippen MR) is 119 cm³/mol. The molecule has 1 atom stereocenters. The quantitative estimate of drug-likeness (QED) is 0.702. The molecular weight excluding hydrogens is 360 g/mol. The largest absolute Gasteiger partial charge is 0.497 e. The molecular formula is C25H40N2O2. The molecule has 0 bridgehead atoms. The molecule has 1 heterocycles. The minimum absolute atomic E-state index is 0.265. The number of hydrogen-bond acceptors (Lipinski definition) is 3. The molecule has 4 nitrogen and oxygen atoms in total. The molecule has 1 aromatic rings. The van der Waals surface area contributed by atoms with Crippen molar-refractivity contribution in [3.05, 3.63) is 29.3 Å². The second-order valence-electron chi connectivity index (χ2n) is 10.0. The van der Waals surface area contributed by atoms with E-state index in [4.69, 9.17) is 4.74 Å². The van der Waals surface area contributed by atoms with Crippen LogP contribution in [0, 0.1) is 11.3 Å². The van der Waals surface area contributed by atoms with Crippen LogP contribution in [0.5, 0.6) is 5.75 Å². The van der Waals surface area contributed by atoms with Gasteiger partial charge in [0.05, 0.1) is 7.11 Å². The van der Waals surface area contributed by atoms with Gasteiger partial charge in [-0.15, -0.1) is 0 Å². The number of carbonyl (C=O) groups excluding carboxylic acids is 1. The van der Waals surface area contributed by atoms with Gasteiger partial charge in [-0.25, -0.2) is 0 Å². The van der Waals surface area contributed by atoms with E-state index in [1.807, 2.05) is 20.8 Å². The maximum atomic E-state index is 12.6. The van der Waals surface area contributed by atoms with E-state index in [0.29, 0.717) is 17.9 Å². The number of nitrogens with zero attached hydrogens (tertiary/aromatic N) is 2. The van der Waals surface area contributed by atoms with Crippen LogP contribution in [0.4, 0.5) is 0 Å². The van der Waals surface area contributed by atoms with Crippen molar-refractivity contribution in [2.45, 2.75) is 72.3 Å². The predicted octanol–water partition coefficient (Wildman–Crippen LogP) is 4.55. The van der Waals surface area contributed by atoms with Gasteiger partial charge in [0.15, 0.2) is 0 Å². The molecule has 29 heavy (non-hydrogen) atoms. The van der Waals surface area contributed by atoms with Gasteiger partial charge in [-0.2, -0.15) is 0 Å². The number of piperidine rings is 1. The van der Waals surface area contributed by atoms with Crippen molar-refractivity contribution < 1.29 is 9.53 Å². The molecule has 1 saturated heterocycles. The van der Waals surface area contributed by atoms with E-state index in [9.17, 15) is 4.79 Å². The summed E-state index contributed by atoms with van der Waals surface area (Å²) in [6.45, 7) is 12.6. The number of ether oxygens (including phenoxy) is 1. The monoisotopic (exact) mass is 400 g/mol. The topological polar surface area (TPSA) is 32.8 Å². The van der Waals surface area contributed by atoms with Crippen LogP contribution in [0.3, 0.4) is 0 Å². The highest BCUT2D eigenvalue weighted by Gasteiger charge is 2.32. The zero-order valence-corrected chi connectivity index (χ0v) is 19.2. The van der Waals surface area contributed by atoms with Crippen molar-refractivity contribution in [1.82, 2.24) is 9.80 Å². The Labute approximate surface area is 177 Å². The molecule has 1 aromatic carbocycles. The molecule has 0 N–H and O–H groups in total. The number of fused-ring (bicyclic) bond motifs is 1.